The number of ether oxygens (including phenoxy) is 2. The number of para-hydroxylation sites is 2. The van der Waals surface area contributed by atoms with Crippen molar-refractivity contribution in [1.29, 1.82) is 0 Å². The lowest BCUT2D eigenvalue weighted by Crippen LogP contribution is -2.41. The average molecular weight is 387 g/mol. The molecule has 0 saturated heterocycles. The van der Waals surface area contributed by atoms with Crippen molar-refractivity contribution >= 4 is 17.7 Å². The molecule has 2 aromatic heterocycles. The third kappa shape index (κ3) is 4.08. The van der Waals surface area contributed by atoms with Crippen molar-refractivity contribution in [1.82, 2.24) is 15.5 Å². The molecular formula is C18H17N3O5S. The van der Waals surface area contributed by atoms with E-state index < -0.39 is 0 Å². The molecule has 0 bridgehead atoms. The highest BCUT2D eigenvalue weighted by molar-refractivity contribution is 7.99. The number of hydrogen-bond donors (Lipinski definition) is 1. The van der Waals surface area contributed by atoms with Crippen LogP contribution in [0.1, 0.15) is 5.76 Å². The predicted octanol–water partition coefficient (Wildman–Crippen LogP) is 2.69. The van der Waals surface area contributed by atoms with Crippen molar-refractivity contribution in [3.8, 4) is 23.0 Å². The monoisotopic (exact) mass is 387 g/mol. The molecule has 1 amide bonds. The van der Waals surface area contributed by atoms with Crippen LogP contribution in [0.4, 0.5) is 0 Å². The maximum Gasteiger partial charge on any atom is 0.277 e. The maximum absolute atomic E-state index is 12.1. The second-order valence-electron chi connectivity index (χ2n) is 5.85. The Balaban J connectivity index is 1.24. The zero-order chi connectivity index (χ0) is 18.6. The highest BCUT2D eigenvalue weighted by atomic mass is 32.2. The molecule has 0 unspecified atom stereocenters. The molecule has 0 radical (unpaired) electrons. The molecule has 0 spiro atoms. The third-order valence-corrected chi connectivity index (χ3v) is 4.74. The Morgan fingerprint density at radius 1 is 1.26 bits per heavy atom. The molecule has 1 aliphatic heterocycles. The summed E-state index contributed by atoms with van der Waals surface area (Å²) in [4.78, 5) is 12.1. The van der Waals surface area contributed by atoms with E-state index in [1.165, 1.54) is 11.8 Å². The zero-order valence-corrected chi connectivity index (χ0v) is 15.3. The van der Waals surface area contributed by atoms with E-state index in [9.17, 15) is 4.79 Å². The number of nitrogens with one attached hydrogen (secondary N) is 1. The number of aryl methyl sites for hydroxylation is 1. The SMILES string of the molecule is Cc1occc1-c1nnc(SCC(=O)NC[C@H]2COc3ccccc3O2)o1. The van der Waals surface area contributed by atoms with Gasteiger partial charge in [-0.1, -0.05) is 23.9 Å². The highest BCUT2D eigenvalue weighted by Crippen LogP contribution is 2.30. The van der Waals surface area contributed by atoms with Gasteiger partial charge < -0.3 is 23.6 Å². The Bertz CT molecular complexity index is 938. The van der Waals surface area contributed by atoms with Crippen molar-refractivity contribution in [3.05, 3.63) is 42.4 Å². The summed E-state index contributed by atoms with van der Waals surface area (Å²) in [5.74, 6) is 2.48. The topological polar surface area (TPSA) is 99.6 Å². The minimum absolute atomic E-state index is 0.151. The van der Waals surface area contributed by atoms with Crippen LogP contribution in [0, 0.1) is 6.92 Å². The number of rotatable bonds is 6. The van der Waals surface area contributed by atoms with Crippen LogP contribution < -0.4 is 14.8 Å². The van der Waals surface area contributed by atoms with Gasteiger partial charge in [-0.25, -0.2) is 0 Å². The zero-order valence-electron chi connectivity index (χ0n) is 14.5. The highest BCUT2D eigenvalue weighted by Gasteiger charge is 2.21. The van der Waals surface area contributed by atoms with Gasteiger partial charge in [-0.15, -0.1) is 10.2 Å². The van der Waals surface area contributed by atoms with Crippen LogP contribution in [-0.4, -0.2) is 41.1 Å². The van der Waals surface area contributed by atoms with Crippen LogP contribution in [0.5, 0.6) is 11.5 Å². The average Bonchev–Trinajstić information content (AvgIpc) is 3.33. The molecule has 140 valence electrons. The van der Waals surface area contributed by atoms with Crippen molar-refractivity contribution < 1.29 is 23.1 Å². The largest absolute Gasteiger partial charge is 0.486 e. The van der Waals surface area contributed by atoms with E-state index in [4.69, 9.17) is 18.3 Å². The van der Waals surface area contributed by atoms with Crippen LogP contribution in [0.3, 0.4) is 0 Å². The molecule has 3 heterocycles. The first-order chi connectivity index (χ1) is 13.2. The summed E-state index contributed by atoms with van der Waals surface area (Å²) in [5.41, 5.74) is 0.744. The number of nitrogens with zero attached hydrogens (tertiary/aromatic N) is 2. The van der Waals surface area contributed by atoms with Crippen LogP contribution in [-0.2, 0) is 4.79 Å². The summed E-state index contributed by atoms with van der Waals surface area (Å²) in [6.45, 7) is 2.56. The summed E-state index contributed by atoms with van der Waals surface area (Å²) in [6, 6.07) is 9.22. The van der Waals surface area contributed by atoms with Crippen LogP contribution in [0.2, 0.25) is 0 Å². The van der Waals surface area contributed by atoms with Gasteiger partial charge in [-0.3, -0.25) is 4.79 Å². The van der Waals surface area contributed by atoms with Crippen molar-refractivity contribution in [2.24, 2.45) is 0 Å². The quantitative estimate of drug-likeness (QED) is 0.645. The van der Waals surface area contributed by atoms with Gasteiger partial charge in [0.25, 0.3) is 11.1 Å². The molecule has 1 aliphatic rings. The first-order valence-corrected chi connectivity index (χ1v) is 9.33. The number of benzene rings is 1. The number of carbonyl (C=O) groups is 1. The molecule has 8 nitrogen and oxygen atoms in total. The maximum atomic E-state index is 12.1. The lowest BCUT2D eigenvalue weighted by molar-refractivity contribution is -0.119. The van der Waals surface area contributed by atoms with Gasteiger partial charge in [0.2, 0.25) is 5.91 Å². The van der Waals surface area contributed by atoms with E-state index in [-0.39, 0.29) is 17.8 Å². The van der Waals surface area contributed by atoms with E-state index in [1.54, 1.807) is 12.3 Å². The Kier molecular flexibility index (Phi) is 5.01. The molecule has 4 rings (SSSR count). The van der Waals surface area contributed by atoms with Gasteiger partial charge in [0.15, 0.2) is 11.5 Å². The molecule has 1 aromatic carbocycles. The summed E-state index contributed by atoms with van der Waals surface area (Å²) in [7, 11) is 0. The Labute approximate surface area is 159 Å². The number of aromatic nitrogens is 2. The lowest BCUT2D eigenvalue weighted by atomic mass is 10.2. The van der Waals surface area contributed by atoms with Gasteiger partial charge in [0.05, 0.1) is 24.1 Å². The molecule has 1 atom stereocenters. The Morgan fingerprint density at radius 3 is 2.93 bits per heavy atom. The lowest BCUT2D eigenvalue weighted by Gasteiger charge is -2.26. The molecular weight excluding hydrogens is 370 g/mol. The smallest absolute Gasteiger partial charge is 0.277 e. The van der Waals surface area contributed by atoms with Gasteiger partial charge in [-0.2, -0.15) is 0 Å². The predicted molar refractivity (Wildman–Crippen MR) is 96.8 cm³/mol. The summed E-state index contributed by atoms with van der Waals surface area (Å²) >= 11 is 1.17. The van der Waals surface area contributed by atoms with Gasteiger partial charge in [0, 0.05) is 0 Å². The van der Waals surface area contributed by atoms with Crippen LogP contribution >= 0.6 is 11.8 Å². The second kappa shape index (κ2) is 7.75. The van der Waals surface area contributed by atoms with Gasteiger partial charge in [0.1, 0.15) is 18.5 Å². The van der Waals surface area contributed by atoms with E-state index >= 15 is 0 Å². The molecule has 9 heteroatoms. The van der Waals surface area contributed by atoms with E-state index in [0.717, 1.165) is 11.3 Å². The van der Waals surface area contributed by atoms with Crippen molar-refractivity contribution in [2.75, 3.05) is 18.9 Å². The molecule has 0 saturated carbocycles. The first-order valence-electron chi connectivity index (χ1n) is 8.35. The van der Waals surface area contributed by atoms with Crippen LogP contribution in [0.25, 0.3) is 11.5 Å². The number of thioether (sulfide) groups is 1. The number of amides is 1. The second-order valence-corrected chi connectivity index (χ2v) is 6.78. The fourth-order valence-electron chi connectivity index (χ4n) is 2.55. The van der Waals surface area contributed by atoms with Crippen molar-refractivity contribution in [3.63, 3.8) is 0 Å². The molecule has 0 aliphatic carbocycles. The number of hydrogen-bond acceptors (Lipinski definition) is 8. The van der Waals surface area contributed by atoms with E-state index in [2.05, 4.69) is 15.5 Å². The standard InChI is InChI=1S/C18H17N3O5S/c1-11-13(6-7-23-11)17-20-21-18(26-17)27-10-16(22)19-8-12-9-24-14-4-2-3-5-15(14)25-12/h2-7,12H,8-10H2,1H3,(H,19,22)/t12-/m0/s1. The summed E-state index contributed by atoms with van der Waals surface area (Å²) in [5, 5.41) is 11.1. The fraction of sp³-hybridized carbons (Fsp3) is 0.278. The van der Waals surface area contributed by atoms with E-state index in [1.807, 2.05) is 31.2 Å². The summed E-state index contributed by atoms with van der Waals surface area (Å²) in [6.07, 6.45) is 1.33. The molecule has 0 fully saturated rings. The first kappa shape index (κ1) is 17.5. The molecule has 1 N–H and O–H groups in total. The molecule has 27 heavy (non-hydrogen) atoms. The Morgan fingerprint density at radius 2 is 2.11 bits per heavy atom. The van der Waals surface area contributed by atoms with Crippen molar-refractivity contribution in [2.45, 2.75) is 18.3 Å². The Hall–Kier alpha value is -2.94. The van der Waals surface area contributed by atoms with E-state index in [0.29, 0.717) is 35.8 Å². The molecule has 3 aromatic rings. The number of fused-ring (bicyclic) bond motifs is 1. The minimum Gasteiger partial charge on any atom is -0.486 e. The van der Waals surface area contributed by atoms with Gasteiger partial charge >= 0.3 is 0 Å². The fourth-order valence-corrected chi connectivity index (χ4v) is 3.15. The normalized spacial score (nSPS) is 15.5. The minimum atomic E-state index is -0.229. The number of carbonyl (C=O) groups excluding carboxylic acids is 1. The van der Waals surface area contributed by atoms with Crippen LogP contribution in [0.15, 0.2) is 50.7 Å². The van der Waals surface area contributed by atoms with Gasteiger partial charge in [-0.05, 0) is 25.1 Å². The third-order valence-electron chi connectivity index (χ3n) is 3.92. The number of furan rings is 1. The summed E-state index contributed by atoms with van der Waals surface area (Å²) < 4.78 is 22.2.